The van der Waals surface area contributed by atoms with E-state index in [4.69, 9.17) is 15.0 Å². The summed E-state index contributed by atoms with van der Waals surface area (Å²) < 4.78 is 4.81. The van der Waals surface area contributed by atoms with Gasteiger partial charge in [0.15, 0.2) is 17.5 Å². The first-order valence-corrected chi connectivity index (χ1v) is 18.9. The van der Waals surface area contributed by atoms with Crippen LogP contribution in [0.2, 0.25) is 0 Å². The zero-order valence-corrected chi connectivity index (χ0v) is 30.3. The van der Waals surface area contributed by atoms with E-state index in [1.807, 2.05) is 42.5 Å². The van der Waals surface area contributed by atoms with Crippen LogP contribution >= 0.6 is 0 Å². The Bertz CT molecular complexity index is 3120. The molecule has 0 N–H and O–H groups in total. The molecule has 5 nitrogen and oxygen atoms in total. The van der Waals surface area contributed by atoms with Gasteiger partial charge in [-0.25, -0.2) is 15.0 Å². The first kappa shape index (κ1) is 31.9. The van der Waals surface area contributed by atoms with Crippen LogP contribution in [0.5, 0.6) is 0 Å². The van der Waals surface area contributed by atoms with Gasteiger partial charge in [-0.3, -0.25) is 0 Å². The molecule has 0 aliphatic heterocycles. The van der Waals surface area contributed by atoms with Gasteiger partial charge in [0, 0.05) is 43.9 Å². The van der Waals surface area contributed by atoms with Crippen molar-refractivity contribution in [3.63, 3.8) is 0 Å². The molecular formula is C51H33N5. The molecule has 0 aliphatic rings. The Kier molecular flexibility index (Phi) is 7.42. The summed E-state index contributed by atoms with van der Waals surface area (Å²) in [6, 6.07) is 70.3. The average Bonchev–Trinajstić information content (AvgIpc) is 3.80. The lowest BCUT2D eigenvalue weighted by Crippen LogP contribution is -2.02. The SMILES string of the molecule is c1ccc(-c2nc(-c3ccccc3)nc(-c3cc(-n4c5ccccc5c5c(-n6c7ccccc7c7ccccc76)cccc54)ccc3-c3ccccc3)n2)cc1. The third-order valence-corrected chi connectivity index (χ3v) is 10.8. The summed E-state index contributed by atoms with van der Waals surface area (Å²) in [4.78, 5) is 15.4. The molecule has 0 saturated heterocycles. The number of rotatable bonds is 6. The summed E-state index contributed by atoms with van der Waals surface area (Å²) >= 11 is 0. The van der Waals surface area contributed by atoms with Gasteiger partial charge < -0.3 is 9.13 Å². The second-order valence-electron chi connectivity index (χ2n) is 14.0. The molecule has 0 atom stereocenters. The molecular weight excluding hydrogens is 683 g/mol. The van der Waals surface area contributed by atoms with Gasteiger partial charge >= 0.3 is 0 Å². The minimum absolute atomic E-state index is 0.616. The Morgan fingerprint density at radius 3 is 1.36 bits per heavy atom. The minimum atomic E-state index is 0.616. The maximum Gasteiger partial charge on any atom is 0.164 e. The van der Waals surface area contributed by atoms with E-state index in [0.29, 0.717) is 17.5 Å². The Morgan fingerprint density at radius 1 is 0.304 bits per heavy atom. The fourth-order valence-electron chi connectivity index (χ4n) is 8.30. The Balaban J connectivity index is 1.19. The molecule has 0 fully saturated rings. The lowest BCUT2D eigenvalue weighted by atomic mass is 9.98. The molecule has 3 aromatic heterocycles. The van der Waals surface area contributed by atoms with Crippen molar-refractivity contribution in [3.05, 3.63) is 200 Å². The molecule has 0 saturated carbocycles. The number of fused-ring (bicyclic) bond motifs is 6. The van der Waals surface area contributed by atoms with Crippen molar-refractivity contribution in [2.45, 2.75) is 0 Å². The molecule has 56 heavy (non-hydrogen) atoms. The van der Waals surface area contributed by atoms with Gasteiger partial charge in [-0.2, -0.15) is 0 Å². The third kappa shape index (κ3) is 5.13. The van der Waals surface area contributed by atoms with Gasteiger partial charge in [0.25, 0.3) is 0 Å². The molecule has 0 aliphatic carbocycles. The molecule has 0 bridgehead atoms. The fraction of sp³-hybridized carbons (Fsp3) is 0. The second kappa shape index (κ2) is 13.0. The fourth-order valence-corrected chi connectivity index (χ4v) is 8.30. The molecule has 0 radical (unpaired) electrons. The first-order valence-electron chi connectivity index (χ1n) is 18.9. The Hall–Kier alpha value is -7.63. The standard InChI is InChI=1S/C51H33N5/c1-4-17-34(18-5-1)38-32-31-37(33-42(38)51-53-49(35-19-6-2-7-20-35)52-50(54-51)36-21-8-3-9-22-36)55-45-28-15-12-25-41(45)48-46(55)29-16-30-47(48)56-43-26-13-10-23-39(43)40-24-11-14-27-44(40)56/h1-33H. The molecule has 5 heteroatoms. The van der Waals surface area contributed by atoms with E-state index in [9.17, 15) is 0 Å². The molecule has 11 rings (SSSR count). The van der Waals surface area contributed by atoms with E-state index in [1.165, 1.54) is 32.6 Å². The van der Waals surface area contributed by atoms with Crippen LogP contribution in [-0.4, -0.2) is 24.1 Å². The van der Waals surface area contributed by atoms with Crippen LogP contribution in [0, 0.1) is 0 Å². The van der Waals surface area contributed by atoms with Gasteiger partial charge in [-0.1, -0.05) is 158 Å². The molecule has 0 unspecified atom stereocenters. The van der Waals surface area contributed by atoms with Crippen LogP contribution in [0.25, 0.3) is 100 Å². The lowest BCUT2D eigenvalue weighted by molar-refractivity contribution is 1.07. The zero-order valence-electron chi connectivity index (χ0n) is 30.3. The number of benzene rings is 8. The summed E-state index contributed by atoms with van der Waals surface area (Å²) in [6.45, 7) is 0. The first-order chi connectivity index (χ1) is 27.8. The van der Waals surface area contributed by atoms with Gasteiger partial charge in [0.2, 0.25) is 0 Å². The number of hydrogen-bond donors (Lipinski definition) is 0. The zero-order chi connectivity index (χ0) is 37.0. The minimum Gasteiger partial charge on any atom is -0.309 e. The Labute approximate surface area is 323 Å². The van der Waals surface area contributed by atoms with Crippen LogP contribution in [-0.2, 0) is 0 Å². The largest absolute Gasteiger partial charge is 0.309 e. The van der Waals surface area contributed by atoms with E-state index in [1.54, 1.807) is 0 Å². The summed E-state index contributed by atoms with van der Waals surface area (Å²) in [5, 5.41) is 4.87. The van der Waals surface area contributed by atoms with Gasteiger partial charge in [-0.15, -0.1) is 0 Å². The third-order valence-electron chi connectivity index (χ3n) is 10.8. The predicted octanol–water partition coefficient (Wildman–Crippen LogP) is 12.7. The van der Waals surface area contributed by atoms with Crippen LogP contribution in [0.3, 0.4) is 0 Å². The molecule has 0 spiro atoms. The normalized spacial score (nSPS) is 11.6. The maximum atomic E-state index is 5.20. The molecule has 3 heterocycles. The van der Waals surface area contributed by atoms with Crippen LogP contribution in [0.15, 0.2) is 200 Å². The van der Waals surface area contributed by atoms with Crippen LogP contribution in [0.4, 0.5) is 0 Å². The van der Waals surface area contributed by atoms with E-state index in [2.05, 4.69) is 167 Å². The summed E-state index contributed by atoms with van der Waals surface area (Å²) in [6.07, 6.45) is 0. The van der Waals surface area contributed by atoms with Crippen molar-refractivity contribution < 1.29 is 0 Å². The van der Waals surface area contributed by atoms with E-state index >= 15 is 0 Å². The number of hydrogen-bond acceptors (Lipinski definition) is 3. The van der Waals surface area contributed by atoms with Gasteiger partial charge in [0.1, 0.15) is 0 Å². The Morgan fingerprint density at radius 2 is 0.768 bits per heavy atom. The maximum absolute atomic E-state index is 5.20. The highest BCUT2D eigenvalue weighted by Crippen LogP contribution is 2.41. The van der Waals surface area contributed by atoms with Crippen molar-refractivity contribution in [3.8, 4) is 56.7 Å². The van der Waals surface area contributed by atoms with Crippen molar-refractivity contribution in [1.82, 2.24) is 24.1 Å². The van der Waals surface area contributed by atoms with Crippen LogP contribution < -0.4 is 0 Å². The summed E-state index contributed by atoms with van der Waals surface area (Å²) in [5.41, 5.74) is 11.7. The highest BCUT2D eigenvalue weighted by atomic mass is 15.0. The van der Waals surface area contributed by atoms with Crippen LogP contribution in [0.1, 0.15) is 0 Å². The average molecular weight is 716 g/mol. The highest BCUT2D eigenvalue weighted by molar-refractivity contribution is 6.16. The number of nitrogens with zero attached hydrogens (tertiary/aromatic N) is 5. The van der Waals surface area contributed by atoms with Gasteiger partial charge in [0.05, 0.1) is 27.8 Å². The number of para-hydroxylation sites is 3. The predicted molar refractivity (Wildman–Crippen MR) is 230 cm³/mol. The summed E-state index contributed by atoms with van der Waals surface area (Å²) in [7, 11) is 0. The van der Waals surface area contributed by atoms with E-state index in [0.717, 1.165) is 50.2 Å². The molecule has 0 amide bonds. The molecule has 8 aromatic carbocycles. The number of aromatic nitrogens is 5. The second-order valence-corrected chi connectivity index (χ2v) is 14.0. The topological polar surface area (TPSA) is 48.5 Å². The van der Waals surface area contributed by atoms with Crippen molar-refractivity contribution >= 4 is 43.6 Å². The summed E-state index contributed by atoms with van der Waals surface area (Å²) in [5.74, 6) is 1.88. The lowest BCUT2D eigenvalue weighted by Gasteiger charge is -2.16. The monoisotopic (exact) mass is 715 g/mol. The van der Waals surface area contributed by atoms with E-state index in [-0.39, 0.29) is 0 Å². The smallest absolute Gasteiger partial charge is 0.164 e. The quantitative estimate of drug-likeness (QED) is 0.172. The van der Waals surface area contributed by atoms with Crippen molar-refractivity contribution in [2.75, 3.05) is 0 Å². The molecule has 262 valence electrons. The van der Waals surface area contributed by atoms with Crippen molar-refractivity contribution in [2.24, 2.45) is 0 Å². The highest BCUT2D eigenvalue weighted by Gasteiger charge is 2.21. The van der Waals surface area contributed by atoms with Gasteiger partial charge in [-0.05, 0) is 53.6 Å². The molecule has 11 aromatic rings. The van der Waals surface area contributed by atoms with Crippen molar-refractivity contribution in [1.29, 1.82) is 0 Å². The van der Waals surface area contributed by atoms with E-state index < -0.39 is 0 Å².